The lowest BCUT2D eigenvalue weighted by atomic mass is 9.94. The Hall–Kier alpha value is -1.06. The van der Waals surface area contributed by atoms with Crippen LogP contribution in [-0.4, -0.2) is 36.7 Å². The van der Waals surface area contributed by atoms with Gasteiger partial charge in [-0.15, -0.1) is 0 Å². The first-order valence-electron chi connectivity index (χ1n) is 6.91. The van der Waals surface area contributed by atoms with Gasteiger partial charge in [0.15, 0.2) is 0 Å². The van der Waals surface area contributed by atoms with Crippen LogP contribution in [0, 0.1) is 5.92 Å². The van der Waals surface area contributed by atoms with E-state index in [0.29, 0.717) is 5.75 Å². The zero-order chi connectivity index (χ0) is 12.8. The van der Waals surface area contributed by atoms with E-state index in [9.17, 15) is 5.11 Å². The van der Waals surface area contributed by atoms with Crippen LogP contribution in [0.1, 0.15) is 24.8 Å². The maximum atomic E-state index is 9.37. The van der Waals surface area contributed by atoms with Crippen LogP contribution < -0.4 is 5.32 Å². The van der Waals surface area contributed by atoms with Crippen LogP contribution in [0.25, 0.3) is 0 Å². The summed E-state index contributed by atoms with van der Waals surface area (Å²) in [7, 11) is 2.20. The third-order valence-corrected chi connectivity index (χ3v) is 3.81. The van der Waals surface area contributed by atoms with E-state index in [0.717, 1.165) is 24.6 Å². The summed E-state index contributed by atoms with van der Waals surface area (Å²) in [6.07, 6.45) is 3.95. The highest BCUT2D eigenvalue weighted by atomic mass is 16.3. The Bertz CT molecular complexity index is 359. The monoisotopic (exact) mass is 248 g/mol. The number of benzene rings is 1. The van der Waals surface area contributed by atoms with E-state index in [1.165, 1.54) is 32.4 Å². The lowest BCUT2D eigenvalue weighted by Gasteiger charge is -2.28. The Morgan fingerprint density at radius 1 is 1.33 bits per heavy atom. The molecule has 0 aromatic heterocycles. The van der Waals surface area contributed by atoms with Gasteiger partial charge in [-0.2, -0.15) is 0 Å². The molecule has 1 fully saturated rings. The maximum absolute atomic E-state index is 9.37. The van der Waals surface area contributed by atoms with E-state index in [-0.39, 0.29) is 0 Å². The SMILES string of the molecule is CN1CCC(CCNCc2cccc(O)c2)CC1. The number of nitrogens with one attached hydrogen (secondary N) is 1. The highest BCUT2D eigenvalue weighted by Crippen LogP contribution is 2.18. The number of likely N-dealkylation sites (tertiary alicyclic amines) is 1. The fourth-order valence-electron chi connectivity index (χ4n) is 2.56. The number of phenolic OH excluding ortho intramolecular Hbond substituents is 1. The third kappa shape index (κ3) is 4.31. The molecule has 1 saturated heterocycles. The lowest BCUT2D eigenvalue weighted by molar-refractivity contribution is 0.211. The van der Waals surface area contributed by atoms with E-state index in [4.69, 9.17) is 0 Å². The number of phenols is 1. The van der Waals surface area contributed by atoms with Crippen LogP contribution in [-0.2, 0) is 6.54 Å². The van der Waals surface area contributed by atoms with Crippen molar-refractivity contribution < 1.29 is 5.11 Å². The fraction of sp³-hybridized carbons (Fsp3) is 0.600. The van der Waals surface area contributed by atoms with E-state index >= 15 is 0 Å². The molecule has 0 saturated carbocycles. The van der Waals surface area contributed by atoms with Gasteiger partial charge in [-0.25, -0.2) is 0 Å². The molecule has 100 valence electrons. The molecule has 0 spiro atoms. The highest BCUT2D eigenvalue weighted by Gasteiger charge is 2.15. The van der Waals surface area contributed by atoms with Crippen LogP contribution in [0.4, 0.5) is 0 Å². The Labute approximate surface area is 110 Å². The summed E-state index contributed by atoms with van der Waals surface area (Å²) in [6.45, 7) is 4.42. The van der Waals surface area contributed by atoms with E-state index in [1.807, 2.05) is 18.2 Å². The van der Waals surface area contributed by atoms with Crippen molar-refractivity contribution in [2.75, 3.05) is 26.7 Å². The second-order valence-corrected chi connectivity index (χ2v) is 5.38. The minimum Gasteiger partial charge on any atom is -0.508 e. The Morgan fingerprint density at radius 3 is 2.83 bits per heavy atom. The van der Waals surface area contributed by atoms with Crippen molar-refractivity contribution in [2.45, 2.75) is 25.8 Å². The molecule has 18 heavy (non-hydrogen) atoms. The van der Waals surface area contributed by atoms with Gasteiger partial charge >= 0.3 is 0 Å². The molecule has 1 heterocycles. The second kappa shape index (κ2) is 6.76. The zero-order valence-corrected chi connectivity index (χ0v) is 11.2. The van der Waals surface area contributed by atoms with Gasteiger partial charge in [0.1, 0.15) is 5.75 Å². The van der Waals surface area contributed by atoms with Crippen LogP contribution in [0.2, 0.25) is 0 Å². The molecular formula is C15H24N2O. The molecule has 0 radical (unpaired) electrons. The van der Waals surface area contributed by atoms with Gasteiger partial charge in [0, 0.05) is 6.54 Å². The highest BCUT2D eigenvalue weighted by molar-refractivity contribution is 5.26. The standard InChI is InChI=1S/C15H24N2O/c1-17-9-6-13(7-10-17)5-8-16-12-14-3-2-4-15(18)11-14/h2-4,11,13,16,18H,5-10,12H2,1H3. The molecular weight excluding hydrogens is 224 g/mol. The Balaban J connectivity index is 1.61. The summed E-state index contributed by atoms with van der Waals surface area (Å²) < 4.78 is 0. The average molecular weight is 248 g/mol. The predicted molar refractivity (Wildman–Crippen MR) is 74.7 cm³/mol. The van der Waals surface area contributed by atoms with Crippen LogP contribution in [0.3, 0.4) is 0 Å². The number of piperidine rings is 1. The number of aromatic hydroxyl groups is 1. The third-order valence-electron chi connectivity index (χ3n) is 3.81. The molecule has 1 aromatic carbocycles. The summed E-state index contributed by atoms with van der Waals surface area (Å²) in [4.78, 5) is 2.41. The number of hydrogen-bond donors (Lipinski definition) is 2. The molecule has 3 heteroatoms. The second-order valence-electron chi connectivity index (χ2n) is 5.38. The van der Waals surface area contributed by atoms with Crippen molar-refractivity contribution >= 4 is 0 Å². The summed E-state index contributed by atoms with van der Waals surface area (Å²) in [5, 5.41) is 12.8. The molecule has 2 N–H and O–H groups in total. The molecule has 2 rings (SSSR count). The first-order chi connectivity index (χ1) is 8.74. The van der Waals surface area contributed by atoms with Crippen molar-refractivity contribution in [3.05, 3.63) is 29.8 Å². The Kier molecular flexibility index (Phi) is 5.02. The van der Waals surface area contributed by atoms with Crippen molar-refractivity contribution in [2.24, 2.45) is 5.92 Å². The van der Waals surface area contributed by atoms with Crippen LogP contribution >= 0.6 is 0 Å². The minimum atomic E-state index is 0.351. The van der Waals surface area contributed by atoms with Gasteiger partial charge in [0.05, 0.1) is 0 Å². The Morgan fingerprint density at radius 2 is 2.11 bits per heavy atom. The van der Waals surface area contributed by atoms with Crippen LogP contribution in [0.5, 0.6) is 5.75 Å². The lowest BCUT2D eigenvalue weighted by Crippen LogP contribution is -2.31. The minimum absolute atomic E-state index is 0.351. The molecule has 0 atom stereocenters. The number of nitrogens with zero attached hydrogens (tertiary/aromatic N) is 1. The van der Waals surface area contributed by atoms with E-state index in [2.05, 4.69) is 17.3 Å². The van der Waals surface area contributed by atoms with Crippen LogP contribution in [0.15, 0.2) is 24.3 Å². The fourth-order valence-corrected chi connectivity index (χ4v) is 2.56. The molecule has 0 bridgehead atoms. The molecule has 0 unspecified atom stereocenters. The van der Waals surface area contributed by atoms with Gasteiger partial charge in [0.25, 0.3) is 0 Å². The van der Waals surface area contributed by atoms with E-state index in [1.54, 1.807) is 6.07 Å². The largest absolute Gasteiger partial charge is 0.508 e. The molecule has 1 aliphatic rings. The van der Waals surface area contributed by atoms with Crippen molar-refractivity contribution in [1.82, 2.24) is 10.2 Å². The van der Waals surface area contributed by atoms with Gasteiger partial charge in [-0.1, -0.05) is 12.1 Å². The average Bonchev–Trinajstić information content (AvgIpc) is 2.37. The van der Waals surface area contributed by atoms with Gasteiger partial charge in [-0.05, 0) is 69.6 Å². The van der Waals surface area contributed by atoms with Gasteiger partial charge < -0.3 is 15.3 Å². The molecule has 0 amide bonds. The molecule has 0 aliphatic carbocycles. The molecule has 1 aromatic rings. The first-order valence-corrected chi connectivity index (χ1v) is 6.91. The summed E-state index contributed by atoms with van der Waals surface area (Å²) in [6, 6.07) is 7.47. The normalized spacial score (nSPS) is 18.1. The summed E-state index contributed by atoms with van der Waals surface area (Å²) in [5.41, 5.74) is 1.15. The zero-order valence-electron chi connectivity index (χ0n) is 11.2. The first kappa shape index (κ1) is 13.4. The molecule has 3 nitrogen and oxygen atoms in total. The summed E-state index contributed by atoms with van der Waals surface area (Å²) in [5.74, 6) is 1.24. The molecule has 1 aliphatic heterocycles. The maximum Gasteiger partial charge on any atom is 0.115 e. The van der Waals surface area contributed by atoms with Gasteiger partial charge in [0.2, 0.25) is 0 Å². The van der Waals surface area contributed by atoms with E-state index < -0.39 is 0 Å². The number of rotatable bonds is 5. The predicted octanol–water partition coefficient (Wildman–Crippen LogP) is 2.21. The summed E-state index contributed by atoms with van der Waals surface area (Å²) >= 11 is 0. The smallest absolute Gasteiger partial charge is 0.115 e. The van der Waals surface area contributed by atoms with Crippen molar-refractivity contribution in [1.29, 1.82) is 0 Å². The topological polar surface area (TPSA) is 35.5 Å². The van der Waals surface area contributed by atoms with Gasteiger partial charge in [-0.3, -0.25) is 0 Å². The quantitative estimate of drug-likeness (QED) is 0.784. The van der Waals surface area contributed by atoms with Crippen molar-refractivity contribution in [3.63, 3.8) is 0 Å². The van der Waals surface area contributed by atoms with Crippen molar-refractivity contribution in [3.8, 4) is 5.75 Å². The number of hydrogen-bond acceptors (Lipinski definition) is 3.